The molecule has 0 bridgehead atoms. The predicted molar refractivity (Wildman–Crippen MR) is 69.0 cm³/mol. The van der Waals surface area contributed by atoms with Crippen LogP contribution in [0.1, 0.15) is 30.2 Å². The van der Waals surface area contributed by atoms with Crippen LogP contribution in [0.2, 0.25) is 0 Å². The molecular weight excluding hydrogens is 216 g/mol. The Kier molecular flexibility index (Phi) is 2.57. The fourth-order valence-electron chi connectivity index (χ4n) is 3.21. The third-order valence-electron chi connectivity index (χ3n) is 4.07. The molecule has 0 radical (unpaired) electrons. The highest BCUT2D eigenvalue weighted by molar-refractivity contribution is 7.10. The highest BCUT2D eigenvalue weighted by Gasteiger charge is 2.41. The number of rotatable bonds is 0. The summed E-state index contributed by atoms with van der Waals surface area (Å²) in [5.41, 5.74) is 1.90. The van der Waals surface area contributed by atoms with Crippen molar-refractivity contribution in [1.29, 1.82) is 0 Å². The van der Waals surface area contributed by atoms with Gasteiger partial charge in [0.15, 0.2) is 0 Å². The highest BCUT2D eigenvalue weighted by Crippen LogP contribution is 2.41. The number of nitrogens with zero attached hydrogens (tertiary/aromatic N) is 1. The fourth-order valence-corrected chi connectivity index (χ4v) is 4.37. The lowest BCUT2D eigenvalue weighted by atomic mass is 9.80. The van der Waals surface area contributed by atoms with E-state index in [1.807, 2.05) is 11.3 Å². The number of hydrogen-bond donors (Lipinski definition) is 1. The van der Waals surface area contributed by atoms with Crippen LogP contribution in [0.4, 0.5) is 0 Å². The van der Waals surface area contributed by atoms with Gasteiger partial charge < -0.3 is 10.2 Å². The summed E-state index contributed by atoms with van der Waals surface area (Å²) in [7, 11) is 2.23. The minimum atomic E-state index is 0.299. The molecule has 3 heterocycles. The summed E-state index contributed by atoms with van der Waals surface area (Å²) in [6.07, 6.45) is 3.74. The van der Waals surface area contributed by atoms with Gasteiger partial charge in [-0.3, -0.25) is 0 Å². The molecule has 1 fully saturated rings. The lowest BCUT2D eigenvalue weighted by molar-refractivity contribution is 0.139. The molecule has 0 saturated carbocycles. The highest BCUT2D eigenvalue weighted by atomic mass is 32.1. The zero-order valence-corrected chi connectivity index (χ0v) is 10.9. The van der Waals surface area contributed by atoms with Gasteiger partial charge in [-0.15, -0.1) is 11.3 Å². The lowest BCUT2D eigenvalue weighted by Gasteiger charge is -2.46. The summed E-state index contributed by atoms with van der Waals surface area (Å²) in [5.74, 6) is 0. The second-order valence-corrected chi connectivity index (χ2v) is 6.33. The number of fused-ring (bicyclic) bond motifs is 2. The zero-order chi connectivity index (χ0) is 11.2. The Hall–Kier alpha value is -0.380. The molecule has 2 aliphatic heterocycles. The van der Waals surface area contributed by atoms with Gasteiger partial charge in [0.05, 0.1) is 5.54 Å². The number of nitrogens with one attached hydrogen (secondary N) is 1. The molecule has 1 unspecified atom stereocenters. The Labute approximate surface area is 102 Å². The van der Waals surface area contributed by atoms with Crippen molar-refractivity contribution in [1.82, 2.24) is 10.2 Å². The molecule has 16 heavy (non-hydrogen) atoms. The van der Waals surface area contributed by atoms with Gasteiger partial charge in [0, 0.05) is 10.9 Å². The van der Waals surface area contributed by atoms with Gasteiger partial charge in [-0.05, 0) is 63.3 Å². The quantitative estimate of drug-likeness (QED) is 0.743. The maximum atomic E-state index is 3.88. The summed E-state index contributed by atoms with van der Waals surface area (Å²) in [6.45, 7) is 4.76. The molecule has 2 nitrogen and oxygen atoms in total. The van der Waals surface area contributed by atoms with Crippen molar-refractivity contribution in [3.05, 3.63) is 21.9 Å². The molecule has 0 aliphatic carbocycles. The molecule has 1 spiro atoms. The Morgan fingerprint density at radius 3 is 2.94 bits per heavy atom. The molecule has 1 saturated heterocycles. The maximum Gasteiger partial charge on any atom is 0.0558 e. The van der Waals surface area contributed by atoms with E-state index in [9.17, 15) is 0 Å². The summed E-state index contributed by atoms with van der Waals surface area (Å²) >= 11 is 1.95. The number of piperidine rings is 1. The third-order valence-corrected chi connectivity index (χ3v) is 5.23. The van der Waals surface area contributed by atoms with E-state index in [-0.39, 0.29) is 0 Å². The Morgan fingerprint density at radius 2 is 2.19 bits per heavy atom. The standard InChI is InChI=1S/C13H20N2S/c1-10-9-11-3-8-16-12(11)13(14-10)4-6-15(2)7-5-13/h3,8,10,14H,4-7,9H2,1-2H3. The second-order valence-electron chi connectivity index (χ2n) is 5.41. The first kappa shape index (κ1) is 10.8. The first-order chi connectivity index (χ1) is 7.70. The van der Waals surface area contributed by atoms with Crippen LogP contribution >= 0.6 is 11.3 Å². The van der Waals surface area contributed by atoms with Crippen molar-refractivity contribution in [2.45, 2.75) is 37.8 Å². The van der Waals surface area contributed by atoms with Crippen molar-refractivity contribution in [3.8, 4) is 0 Å². The monoisotopic (exact) mass is 236 g/mol. The van der Waals surface area contributed by atoms with Gasteiger partial charge in [0.2, 0.25) is 0 Å². The molecule has 0 aromatic carbocycles. The Morgan fingerprint density at radius 1 is 1.44 bits per heavy atom. The zero-order valence-electron chi connectivity index (χ0n) is 10.1. The summed E-state index contributed by atoms with van der Waals surface area (Å²) in [5, 5.41) is 6.15. The molecule has 1 aromatic rings. The molecule has 0 amide bonds. The van der Waals surface area contributed by atoms with Crippen LogP contribution in [-0.4, -0.2) is 31.1 Å². The smallest absolute Gasteiger partial charge is 0.0558 e. The molecular formula is C13H20N2S. The fraction of sp³-hybridized carbons (Fsp3) is 0.692. The van der Waals surface area contributed by atoms with Gasteiger partial charge in [-0.1, -0.05) is 0 Å². The maximum absolute atomic E-state index is 3.88. The van der Waals surface area contributed by atoms with Crippen molar-refractivity contribution in [3.63, 3.8) is 0 Å². The van der Waals surface area contributed by atoms with E-state index in [0.29, 0.717) is 11.6 Å². The van der Waals surface area contributed by atoms with Crippen LogP contribution < -0.4 is 5.32 Å². The van der Waals surface area contributed by atoms with E-state index in [0.717, 1.165) is 0 Å². The minimum absolute atomic E-state index is 0.299. The first-order valence-electron chi connectivity index (χ1n) is 6.23. The predicted octanol–water partition coefficient (Wildman–Crippen LogP) is 2.20. The topological polar surface area (TPSA) is 15.3 Å². The van der Waals surface area contributed by atoms with Gasteiger partial charge >= 0.3 is 0 Å². The summed E-state index contributed by atoms with van der Waals surface area (Å²) in [6, 6.07) is 2.96. The summed E-state index contributed by atoms with van der Waals surface area (Å²) < 4.78 is 0. The molecule has 1 aromatic heterocycles. The van der Waals surface area contributed by atoms with Gasteiger partial charge in [-0.25, -0.2) is 0 Å². The lowest BCUT2D eigenvalue weighted by Crippen LogP contribution is -2.55. The van der Waals surface area contributed by atoms with Crippen LogP contribution in [0.3, 0.4) is 0 Å². The van der Waals surface area contributed by atoms with E-state index in [1.54, 1.807) is 10.4 Å². The molecule has 3 rings (SSSR count). The van der Waals surface area contributed by atoms with Gasteiger partial charge in [-0.2, -0.15) is 0 Å². The average molecular weight is 236 g/mol. The number of likely N-dealkylation sites (tertiary alicyclic amines) is 1. The van der Waals surface area contributed by atoms with E-state index in [2.05, 4.69) is 35.6 Å². The molecule has 1 atom stereocenters. The average Bonchev–Trinajstić information content (AvgIpc) is 2.71. The first-order valence-corrected chi connectivity index (χ1v) is 7.11. The van der Waals surface area contributed by atoms with Crippen molar-refractivity contribution in [2.24, 2.45) is 0 Å². The number of thiophene rings is 1. The van der Waals surface area contributed by atoms with Gasteiger partial charge in [0.25, 0.3) is 0 Å². The van der Waals surface area contributed by atoms with E-state index < -0.39 is 0 Å². The molecule has 1 N–H and O–H groups in total. The van der Waals surface area contributed by atoms with Crippen LogP contribution in [0.25, 0.3) is 0 Å². The van der Waals surface area contributed by atoms with Crippen LogP contribution in [-0.2, 0) is 12.0 Å². The Balaban J connectivity index is 1.96. The Bertz CT molecular complexity index is 377. The third kappa shape index (κ3) is 1.62. The van der Waals surface area contributed by atoms with Crippen LogP contribution in [0.15, 0.2) is 11.4 Å². The molecule has 88 valence electrons. The molecule has 2 aliphatic rings. The van der Waals surface area contributed by atoms with Crippen molar-refractivity contribution >= 4 is 11.3 Å². The molecule has 3 heteroatoms. The van der Waals surface area contributed by atoms with Crippen LogP contribution in [0.5, 0.6) is 0 Å². The van der Waals surface area contributed by atoms with Crippen LogP contribution in [0, 0.1) is 0 Å². The van der Waals surface area contributed by atoms with Gasteiger partial charge in [0.1, 0.15) is 0 Å². The van der Waals surface area contributed by atoms with E-state index >= 15 is 0 Å². The minimum Gasteiger partial charge on any atom is -0.306 e. The van der Waals surface area contributed by atoms with Crippen molar-refractivity contribution in [2.75, 3.05) is 20.1 Å². The normalized spacial score (nSPS) is 29.2. The SMILES string of the molecule is CC1Cc2ccsc2C2(CCN(C)CC2)N1. The number of hydrogen-bond acceptors (Lipinski definition) is 3. The largest absolute Gasteiger partial charge is 0.306 e. The summed E-state index contributed by atoms with van der Waals surface area (Å²) in [4.78, 5) is 4.07. The van der Waals surface area contributed by atoms with Crippen molar-refractivity contribution < 1.29 is 0 Å². The second kappa shape index (κ2) is 3.83. The van der Waals surface area contributed by atoms with E-state index in [1.165, 1.54) is 32.4 Å². The van der Waals surface area contributed by atoms with E-state index in [4.69, 9.17) is 0 Å².